The summed E-state index contributed by atoms with van der Waals surface area (Å²) in [6.45, 7) is 0. The van der Waals surface area contributed by atoms with E-state index in [1.54, 1.807) is 0 Å². The maximum Gasteiger partial charge on any atom is 0.160 e. The van der Waals surface area contributed by atoms with Crippen molar-refractivity contribution in [2.45, 2.75) is 31.6 Å². The lowest BCUT2D eigenvalue weighted by Crippen LogP contribution is -2.12. The number of rotatable bonds is 3. The number of aldehydes is 1. The molecule has 0 amide bonds. The summed E-state index contributed by atoms with van der Waals surface area (Å²) in [7, 11) is 0. The molecule has 0 N–H and O–H groups in total. The van der Waals surface area contributed by atoms with Crippen molar-refractivity contribution in [1.29, 1.82) is 0 Å². The van der Waals surface area contributed by atoms with E-state index in [1.165, 1.54) is 19.3 Å². The van der Waals surface area contributed by atoms with Gasteiger partial charge in [-0.1, -0.05) is 12.5 Å². The summed E-state index contributed by atoms with van der Waals surface area (Å²) >= 11 is 0. The Balaban J connectivity index is 2.07. The van der Waals surface area contributed by atoms with Crippen LogP contribution in [0.5, 0.6) is 0 Å². The Morgan fingerprint density at radius 3 is 2.94 bits per heavy atom. The number of nitrogens with zero attached hydrogens (tertiary/aromatic N) is 3. The second-order valence-corrected chi connectivity index (χ2v) is 4.32. The molecule has 1 saturated carbocycles. The average Bonchev–Trinajstić information content (AvgIpc) is 2.60. The molecule has 1 aliphatic rings. The third-order valence-corrected chi connectivity index (χ3v) is 3.28. The topological polar surface area (TPSA) is 47.3 Å². The number of hydrogen-bond donors (Lipinski definition) is 0. The third-order valence-electron chi connectivity index (χ3n) is 3.28. The van der Waals surface area contributed by atoms with Crippen molar-refractivity contribution < 1.29 is 4.79 Å². The summed E-state index contributed by atoms with van der Waals surface area (Å²) < 4.78 is 2.03. The molecule has 1 fully saturated rings. The number of pyridine rings is 1. The van der Waals surface area contributed by atoms with E-state index in [2.05, 4.69) is 10.2 Å². The van der Waals surface area contributed by atoms with Gasteiger partial charge in [-0.15, -0.1) is 10.2 Å². The Morgan fingerprint density at radius 1 is 1.38 bits per heavy atom. The molecule has 0 spiro atoms. The minimum Gasteiger partial charge on any atom is -0.303 e. The van der Waals surface area contributed by atoms with Gasteiger partial charge in [0.2, 0.25) is 0 Å². The summed E-state index contributed by atoms with van der Waals surface area (Å²) in [6.07, 6.45) is 7.06. The van der Waals surface area contributed by atoms with Crippen LogP contribution in [0.2, 0.25) is 0 Å². The lowest BCUT2D eigenvalue weighted by Gasteiger charge is -2.23. The highest BCUT2D eigenvalue weighted by molar-refractivity contribution is 5.55. The van der Waals surface area contributed by atoms with Crippen LogP contribution in [0.1, 0.15) is 36.6 Å². The van der Waals surface area contributed by atoms with Gasteiger partial charge in [-0.25, -0.2) is 0 Å². The molecule has 2 aromatic heterocycles. The molecule has 0 atom stereocenters. The van der Waals surface area contributed by atoms with Crippen LogP contribution in [-0.2, 0) is 11.2 Å². The molecule has 4 heteroatoms. The van der Waals surface area contributed by atoms with Gasteiger partial charge in [-0.2, -0.15) is 0 Å². The smallest absolute Gasteiger partial charge is 0.160 e. The van der Waals surface area contributed by atoms with Crippen molar-refractivity contribution in [2.24, 2.45) is 0 Å². The number of carbonyl (C=O) groups excluding carboxylic acids is 1. The minimum atomic E-state index is 0.457. The van der Waals surface area contributed by atoms with Crippen molar-refractivity contribution in [2.75, 3.05) is 0 Å². The lowest BCUT2D eigenvalue weighted by molar-refractivity contribution is -0.107. The van der Waals surface area contributed by atoms with Crippen molar-refractivity contribution in [1.82, 2.24) is 14.6 Å². The summed E-state index contributed by atoms with van der Waals surface area (Å²) in [5, 5.41) is 8.39. The maximum atomic E-state index is 10.5. The zero-order valence-electron chi connectivity index (χ0n) is 8.97. The first-order chi connectivity index (χ1) is 7.88. The van der Waals surface area contributed by atoms with Crippen LogP contribution in [0.3, 0.4) is 0 Å². The van der Waals surface area contributed by atoms with E-state index in [9.17, 15) is 4.79 Å². The van der Waals surface area contributed by atoms with Gasteiger partial charge in [0, 0.05) is 18.5 Å². The zero-order chi connectivity index (χ0) is 11.0. The fourth-order valence-electron chi connectivity index (χ4n) is 2.11. The summed E-state index contributed by atoms with van der Waals surface area (Å²) in [5.74, 6) is 1.61. The first kappa shape index (κ1) is 9.51. The second-order valence-electron chi connectivity index (χ2n) is 4.32. The first-order valence-electron chi connectivity index (χ1n) is 5.65. The van der Waals surface area contributed by atoms with Crippen LogP contribution in [0, 0.1) is 0 Å². The molecular formula is C12H13N3O. The first-order valence-corrected chi connectivity index (χ1v) is 5.65. The third kappa shape index (κ3) is 1.41. The van der Waals surface area contributed by atoms with Crippen molar-refractivity contribution >= 4 is 11.9 Å². The summed E-state index contributed by atoms with van der Waals surface area (Å²) in [4.78, 5) is 10.5. The van der Waals surface area contributed by atoms with Gasteiger partial charge in [0.25, 0.3) is 0 Å². The fourth-order valence-corrected chi connectivity index (χ4v) is 2.11. The molecule has 1 aliphatic carbocycles. The molecule has 0 aliphatic heterocycles. The number of hydrogen-bond acceptors (Lipinski definition) is 3. The highest BCUT2D eigenvalue weighted by atomic mass is 16.1. The average molecular weight is 215 g/mol. The molecule has 16 heavy (non-hydrogen) atoms. The molecule has 4 nitrogen and oxygen atoms in total. The second kappa shape index (κ2) is 3.70. The van der Waals surface area contributed by atoms with E-state index in [4.69, 9.17) is 0 Å². The highest BCUT2D eigenvalue weighted by Crippen LogP contribution is 2.35. The van der Waals surface area contributed by atoms with E-state index < -0.39 is 0 Å². The highest BCUT2D eigenvalue weighted by Gasteiger charge is 2.24. The zero-order valence-corrected chi connectivity index (χ0v) is 8.97. The number of fused-ring (bicyclic) bond motifs is 1. The molecule has 0 unspecified atom stereocenters. The molecule has 0 aromatic carbocycles. The summed E-state index contributed by atoms with van der Waals surface area (Å²) in [6, 6.07) is 3.86. The van der Waals surface area contributed by atoms with Crippen LogP contribution >= 0.6 is 0 Å². The Morgan fingerprint density at radius 2 is 2.25 bits per heavy atom. The van der Waals surface area contributed by atoms with E-state index >= 15 is 0 Å². The molecule has 82 valence electrons. The standard InChI is InChI=1S/C12H13N3O/c16-7-6-9-4-5-11-13-14-12(15(11)8-9)10-2-1-3-10/h4-5,7-8,10H,1-3,6H2. The summed E-state index contributed by atoms with van der Waals surface area (Å²) in [5.41, 5.74) is 1.89. The van der Waals surface area contributed by atoms with E-state index in [0.29, 0.717) is 12.3 Å². The number of aromatic nitrogens is 3. The van der Waals surface area contributed by atoms with Crippen LogP contribution in [-0.4, -0.2) is 20.9 Å². The van der Waals surface area contributed by atoms with Crippen molar-refractivity contribution in [3.63, 3.8) is 0 Å². The van der Waals surface area contributed by atoms with Gasteiger partial charge in [-0.05, 0) is 24.5 Å². The minimum absolute atomic E-state index is 0.457. The fraction of sp³-hybridized carbons (Fsp3) is 0.417. The Kier molecular flexibility index (Phi) is 2.20. The van der Waals surface area contributed by atoms with Crippen molar-refractivity contribution in [3.8, 4) is 0 Å². The molecule has 0 bridgehead atoms. The predicted molar refractivity (Wildman–Crippen MR) is 59.3 cm³/mol. The molecular weight excluding hydrogens is 202 g/mol. The molecule has 0 radical (unpaired) electrons. The molecule has 2 heterocycles. The van der Waals surface area contributed by atoms with Crippen LogP contribution in [0.25, 0.3) is 5.65 Å². The molecule has 0 saturated heterocycles. The van der Waals surface area contributed by atoms with Gasteiger partial charge >= 0.3 is 0 Å². The maximum absolute atomic E-state index is 10.5. The van der Waals surface area contributed by atoms with E-state index in [-0.39, 0.29) is 0 Å². The van der Waals surface area contributed by atoms with Gasteiger partial charge in [0.15, 0.2) is 5.65 Å². The Labute approximate surface area is 93.3 Å². The Bertz CT molecular complexity index is 528. The molecule has 3 rings (SSSR count). The predicted octanol–water partition coefficient (Wildman–Crippen LogP) is 1.74. The van der Waals surface area contributed by atoms with E-state index in [0.717, 1.165) is 23.3 Å². The van der Waals surface area contributed by atoms with Crippen molar-refractivity contribution in [3.05, 3.63) is 29.7 Å². The van der Waals surface area contributed by atoms with Gasteiger partial charge in [-0.3, -0.25) is 4.40 Å². The van der Waals surface area contributed by atoms with Crippen LogP contribution in [0.15, 0.2) is 18.3 Å². The quantitative estimate of drug-likeness (QED) is 0.733. The largest absolute Gasteiger partial charge is 0.303 e. The van der Waals surface area contributed by atoms with E-state index in [1.807, 2.05) is 22.7 Å². The number of carbonyl (C=O) groups is 1. The monoisotopic (exact) mass is 215 g/mol. The van der Waals surface area contributed by atoms with Gasteiger partial charge < -0.3 is 4.79 Å². The molecule has 2 aromatic rings. The van der Waals surface area contributed by atoms with Gasteiger partial charge in [0.1, 0.15) is 12.1 Å². The normalized spacial score (nSPS) is 16.2. The van der Waals surface area contributed by atoms with Gasteiger partial charge in [0.05, 0.1) is 0 Å². The lowest BCUT2D eigenvalue weighted by atomic mass is 9.85. The van der Waals surface area contributed by atoms with Crippen LogP contribution in [0.4, 0.5) is 0 Å². The Hall–Kier alpha value is -1.71. The van der Waals surface area contributed by atoms with Crippen LogP contribution < -0.4 is 0 Å². The SMILES string of the molecule is O=CCc1ccc2nnc(C3CCC3)n2c1.